The van der Waals surface area contributed by atoms with Crippen molar-refractivity contribution < 1.29 is 23.0 Å². The summed E-state index contributed by atoms with van der Waals surface area (Å²) in [6, 6.07) is 14.1. The lowest BCUT2D eigenvalue weighted by molar-refractivity contribution is 0.173. The van der Waals surface area contributed by atoms with Crippen molar-refractivity contribution in [2.45, 2.75) is 32.1 Å². The van der Waals surface area contributed by atoms with Gasteiger partial charge in [-0.3, -0.25) is 0 Å². The van der Waals surface area contributed by atoms with Crippen molar-refractivity contribution in [2.75, 3.05) is 33.0 Å². The normalized spacial score (nSPS) is 16.4. The van der Waals surface area contributed by atoms with Crippen LogP contribution in [0.15, 0.2) is 51.3 Å². The summed E-state index contributed by atoms with van der Waals surface area (Å²) in [7, 11) is 0. The number of aryl methyl sites for hydroxylation is 1. The topological polar surface area (TPSA) is 83.0 Å². The number of benzene rings is 2. The van der Waals surface area contributed by atoms with Crippen LogP contribution in [0, 0.1) is 6.92 Å². The summed E-state index contributed by atoms with van der Waals surface area (Å²) >= 11 is 0. The molecule has 0 atom stereocenters. The SMILES string of the molecule is Cc1nnc(-c2cc3c(OCCCN4CCC(c5ccc6c(c5)OCO6)CC4)cccc3o2)o1. The van der Waals surface area contributed by atoms with Crippen LogP contribution in [0.2, 0.25) is 0 Å². The van der Waals surface area contributed by atoms with Crippen molar-refractivity contribution in [1.82, 2.24) is 15.1 Å². The Bertz CT molecular complexity index is 1290. The summed E-state index contributed by atoms with van der Waals surface area (Å²) in [5, 5.41) is 8.83. The Morgan fingerprint density at radius 2 is 1.88 bits per heavy atom. The van der Waals surface area contributed by atoms with Crippen molar-refractivity contribution in [2.24, 2.45) is 0 Å². The van der Waals surface area contributed by atoms with Gasteiger partial charge in [-0.05, 0) is 68.1 Å². The number of hydrogen-bond donors (Lipinski definition) is 0. The minimum Gasteiger partial charge on any atom is -0.493 e. The van der Waals surface area contributed by atoms with Gasteiger partial charge in [0.25, 0.3) is 5.89 Å². The molecule has 0 unspecified atom stereocenters. The van der Waals surface area contributed by atoms with E-state index in [1.54, 1.807) is 6.92 Å². The zero-order valence-corrected chi connectivity index (χ0v) is 19.2. The highest BCUT2D eigenvalue weighted by Gasteiger charge is 2.23. The van der Waals surface area contributed by atoms with Crippen LogP contribution in [-0.2, 0) is 0 Å². The number of likely N-dealkylation sites (tertiary alicyclic amines) is 1. The first-order valence-corrected chi connectivity index (χ1v) is 11.8. The molecule has 2 aromatic carbocycles. The first-order chi connectivity index (χ1) is 16.7. The van der Waals surface area contributed by atoms with E-state index in [0.717, 1.165) is 67.1 Å². The minimum absolute atomic E-state index is 0.327. The second-order valence-electron chi connectivity index (χ2n) is 8.84. The van der Waals surface area contributed by atoms with Crippen LogP contribution >= 0.6 is 0 Å². The number of fused-ring (bicyclic) bond motifs is 2. The maximum atomic E-state index is 6.12. The number of piperidine rings is 1. The van der Waals surface area contributed by atoms with Crippen LogP contribution in [0.1, 0.15) is 36.6 Å². The Balaban J connectivity index is 1.00. The summed E-state index contributed by atoms with van der Waals surface area (Å²) in [5.41, 5.74) is 2.10. The molecule has 8 heteroatoms. The van der Waals surface area contributed by atoms with Crippen LogP contribution in [0.4, 0.5) is 0 Å². The van der Waals surface area contributed by atoms with Gasteiger partial charge in [0.05, 0.1) is 12.0 Å². The molecule has 8 nitrogen and oxygen atoms in total. The summed E-state index contributed by atoms with van der Waals surface area (Å²) in [6.45, 7) is 5.97. The van der Waals surface area contributed by atoms with E-state index in [1.165, 1.54) is 5.56 Å². The first kappa shape index (κ1) is 21.0. The van der Waals surface area contributed by atoms with E-state index in [4.69, 9.17) is 23.0 Å². The zero-order chi connectivity index (χ0) is 22.9. The van der Waals surface area contributed by atoms with Gasteiger partial charge in [0, 0.05) is 19.5 Å². The highest BCUT2D eigenvalue weighted by Crippen LogP contribution is 2.37. The number of rotatable bonds is 7. The molecule has 0 amide bonds. The summed E-state index contributed by atoms with van der Waals surface area (Å²) in [5.74, 6) is 4.56. The fourth-order valence-corrected chi connectivity index (χ4v) is 4.79. The second-order valence-corrected chi connectivity index (χ2v) is 8.84. The van der Waals surface area contributed by atoms with Gasteiger partial charge < -0.3 is 27.9 Å². The molecule has 6 rings (SSSR count). The lowest BCUT2D eigenvalue weighted by Gasteiger charge is -2.32. The van der Waals surface area contributed by atoms with E-state index in [1.807, 2.05) is 30.3 Å². The van der Waals surface area contributed by atoms with E-state index in [2.05, 4.69) is 27.2 Å². The third-order valence-corrected chi connectivity index (χ3v) is 6.59. The van der Waals surface area contributed by atoms with Crippen LogP contribution in [0.25, 0.3) is 22.6 Å². The molecule has 0 spiro atoms. The maximum absolute atomic E-state index is 6.12. The molecule has 176 valence electrons. The van der Waals surface area contributed by atoms with Gasteiger partial charge in [0.2, 0.25) is 12.7 Å². The molecule has 2 aromatic heterocycles. The molecule has 1 fully saturated rings. The fraction of sp³-hybridized carbons (Fsp3) is 0.385. The highest BCUT2D eigenvalue weighted by molar-refractivity contribution is 5.87. The van der Waals surface area contributed by atoms with Gasteiger partial charge in [0.1, 0.15) is 11.3 Å². The molecule has 0 bridgehead atoms. The Kier molecular flexibility index (Phi) is 5.58. The standard InChI is InChI=1S/C26H27N3O5/c1-17-27-28-26(33-17)25-15-20-21(4-2-5-22(20)34-25)30-13-3-10-29-11-8-18(9-12-29)19-6-7-23-24(14-19)32-16-31-23/h2,4-7,14-15,18H,3,8-13,16H2,1H3. The second kappa shape index (κ2) is 9.02. The van der Waals surface area contributed by atoms with Gasteiger partial charge in [-0.25, -0.2) is 0 Å². The molecule has 4 aromatic rings. The predicted octanol–water partition coefficient (Wildman–Crippen LogP) is 5.17. The van der Waals surface area contributed by atoms with Gasteiger partial charge in [-0.1, -0.05) is 12.1 Å². The van der Waals surface area contributed by atoms with Crippen LogP contribution in [0.5, 0.6) is 17.2 Å². The van der Waals surface area contributed by atoms with E-state index in [0.29, 0.717) is 36.9 Å². The molecule has 0 saturated carbocycles. The van der Waals surface area contributed by atoms with E-state index >= 15 is 0 Å². The van der Waals surface area contributed by atoms with E-state index in [9.17, 15) is 0 Å². The number of furan rings is 1. The molecule has 0 radical (unpaired) electrons. The zero-order valence-electron chi connectivity index (χ0n) is 19.2. The van der Waals surface area contributed by atoms with Crippen molar-refractivity contribution in [3.8, 4) is 28.9 Å². The fourth-order valence-electron chi connectivity index (χ4n) is 4.79. The van der Waals surface area contributed by atoms with Gasteiger partial charge >= 0.3 is 0 Å². The minimum atomic E-state index is 0.327. The quantitative estimate of drug-likeness (QED) is 0.349. The van der Waals surface area contributed by atoms with E-state index < -0.39 is 0 Å². The Labute approximate surface area is 197 Å². The lowest BCUT2D eigenvalue weighted by Crippen LogP contribution is -2.34. The van der Waals surface area contributed by atoms with Crippen molar-refractivity contribution in [3.05, 3.63) is 53.9 Å². The van der Waals surface area contributed by atoms with Crippen molar-refractivity contribution >= 4 is 11.0 Å². The molecule has 4 heterocycles. The monoisotopic (exact) mass is 461 g/mol. The lowest BCUT2D eigenvalue weighted by atomic mass is 9.89. The first-order valence-electron chi connectivity index (χ1n) is 11.8. The van der Waals surface area contributed by atoms with Gasteiger partial charge in [-0.15, -0.1) is 10.2 Å². The molecule has 0 aliphatic carbocycles. The molecule has 0 N–H and O–H groups in total. The molecular weight excluding hydrogens is 434 g/mol. The third-order valence-electron chi connectivity index (χ3n) is 6.59. The van der Waals surface area contributed by atoms with Gasteiger partial charge in [0.15, 0.2) is 17.3 Å². The summed E-state index contributed by atoms with van der Waals surface area (Å²) in [4.78, 5) is 2.53. The summed E-state index contributed by atoms with van der Waals surface area (Å²) in [6.07, 6.45) is 3.29. The average Bonchev–Trinajstić information content (AvgIpc) is 3.61. The van der Waals surface area contributed by atoms with Crippen LogP contribution in [-0.4, -0.2) is 48.1 Å². The molecule has 2 aliphatic heterocycles. The molecule has 1 saturated heterocycles. The van der Waals surface area contributed by atoms with Crippen LogP contribution < -0.4 is 14.2 Å². The maximum Gasteiger partial charge on any atom is 0.283 e. The number of hydrogen-bond acceptors (Lipinski definition) is 8. The number of nitrogens with zero attached hydrogens (tertiary/aromatic N) is 3. The Morgan fingerprint density at radius 3 is 2.74 bits per heavy atom. The Hall–Kier alpha value is -3.52. The third kappa shape index (κ3) is 4.21. The Morgan fingerprint density at radius 1 is 1.00 bits per heavy atom. The smallest absolute Gasteiger partial charge is 0.283 e. The number of aromatic nitrogens is 2. The molecule has 2 aliphatic rings. The van der Waals surface area contributed by atoms with Crippen molar-refractivity contribution in [3.63, 3.8) is 0 Å². The average molecular weight is 462 g/mol. The van der Waals surface area contributed by atoms with Crippen LogP contribution in [0.3, 0.4) is 0 Å². The highest BCUT2D eigenvalue weighted by atomic mass is 16.7. The predicted molar refractivity (Wildman–Crippen MR) is 125 cm³/mol. The molecular formula is C26H27N3O5. The number of ether oxygens (including phenoxy) is 3. The molecule has 34 heavy (non-hydrogen) atoms. The largest absolute Gasteiger partial charge is 0.493 e. The van der Waals surface area contributed by atoms with Gasteiger partial charge in [-0.2, -0.15) is 0 Å². The summed E-state index contributed by atoms with van der Waals surface area (Å²) < 4.78 is 28.5. The van der Waals surface area contributed by atoms with E-state index in [-0.39, 0.29) is 0 Å². The van der Waals surface area contributed by atoms with Crippen molar-refractivity contribution in [1.29, 1.82) is 0 Å².